The fourth-order valence-electron chi connectivity index (χ4n) is 1.61. The van der Waals surface area contributed by atoms with Crippen LogP contribution in [0.15, 0.2) is 0 Å². The molecule has 0 radical (unpaired) electrons. The first kappa shape index (κ1) is 14.7. The molecule has 0 rings (SSSR count). The third-order valence-electron chi connectivity index (χ3n) is 2.10. The molecule has 1 N–H and O–H groups in total. The van der Waals surface area contributed by atoms with E-state index < -0.39 is 12.6 Å². The molecule has 5 heteroatoms. The molecule has 0 saturated carbocycles. The van der Waals surface area contributed by atoms with Crippen LogP contribution >= 0.6 is 0 Å². The van der Waals surface area contributed by atoms with Crippen molar-refractivity contribution >= 4 is 0 Å². The Bertz CT molecular complexity index is 178. The van der Waals surface area contributed by atoms with E-state index in [2.05, 4.69) is 5.32 Å². The Hall–Kier alpha value is -0.290. The van der Waals surface area contributed by atoms with E-state index in [4.69, 9.17) is 0 Å². The lowest BCUT2D eigenvalue weighted by molar-refractivity contribution is -0.137. The first-order valence-electron chi connectivity index (χ1n) is 5.16. The van der Waals surface area contributed by atoms with Crippen molar-refractivity contribution in [2.75, 3.05) is 26.7 Å². The minimum Gasteiger partial charge on any atom is -0.311 e. The van der Waals surface area contributed by atoms with Gasteiger partial charge in [0.25, 0.3) is 0 Å². The fourth-order valence-corrected chi connectivity index (χ4v) is 1.61. The minimum absolute atomic E-state index is 0.0539. The molecule has 92 valence electrons. The van der Waals surface area contributed by atoms with Gasteiger partial charge < -0.3 is 10.2 Å². The SMILES string of the molecule is CCNC(C)(C)CN(C)CCC(F)(F)F. The van der Waals surface area contributed by atoms with Crippen LogP contribution in [0.5, 0.6) is 0 Å². The van der Waals surface area contributed by atoms with Crippen molar-refractivity contribution in [1.29, 1.82) is 0 Å². The maximum Gasteiger partial charge on any atom is 0.390 e. The highest BCUT2D eigenvalue weighted by Crippen LogP contribution is 2.19. The van der Waals surface area contributed by atoms with E-state index in [-0.39, 0.29) is 12.1 Å². The molecule has 0 saturated heterocycles. The lowest BCUT2D eigenvalue weighted by Gasteiger charge is -2.31. The number of hydrogen-bond acceptors (Lipinski definition) is 2. The van der Waals surface area contributed by atoms with Gasteiger partial charge in [0.15, 0.2) is 0 Å². The van der Waals surface area contributed by atoms with Gasteiger partial charge in [-0.3, -0.25) is 0 Å². The molecule has 15 heavy (non-hydrogen) atoms. The van der Waals surface area contributed by atoms with Gasteiger partial charge >= 0.3 is 6.18 Å². The summed E-state index contributed by atoms with van der Waals surface area (Å²) in [6, 6.07) is 0. The van der Waals surface area contributed by atoms with Gasteiger partial charge in [0.2, 0.25) is 0 Å². The molecule has 0 atom stereocenters. The van der Waals surface area contributed by atoms with Crippen molar-refractivity contribution in [3.63, 3.8) is 0 Å². The standard InChI is InChI=1S/C10H21F3N2/c1-5-14-9(2,3)8-15(4)7-6-10(11,12)13/h14H,5-8H2,1-4H3. The second-order valence-electron chi connectivity index (χ2n) is 4.52. The summed E-state index contributed by atoms with van der Waals surface area (Å²) in [6.45, 7) is 7.44. The van der Waals surface area contributed by atoms with Crippen LogP contribution in [0.2, 0.25) is 0 Å². The largest absolute Gasteiger partial charge is 0.390 e. The molecule has 0 aromatic rings. The van der Waals surface area contributed by atoms with Crippen LogP contribution in [0.25, 0.3) is 0 Å². The first-order valence-corrected chi connectivity index (χ1v) is 5.16. The summed E-state index contributed by atoms with van der Waals surface area (Å²) >= 11 is 0. The number of likely N-dealkylation sites (N-methyl/N-ethyl adjacent to an activating group) is 2. The van der Waals surface area contributed by atoms with E-state index in [1.165, 1.54) is 0 Å². The number of nitrogens with one attached hydrogen (secondary N) is 1. The Morgan fingerprint density at radius 1 is 1.20 bits per heavy atom. The summed E-state index contributed by atoms with van der Waals surface area (Å²) in [7, 11) is 1.71. The molecule has 0 unspecified atom stereocenters. The van der Waals surface area contributed by atoms with Gasteiger partial charge in [-0.1, -0.05) is 6.92 Å². The number of rotatable bonds is 6. The van der Waals surface area contributed by atoms with Crippen molar-refractivity contribution in [1.82, 2.24) is 10.2 Å². The first-order chi connectivity index (χ1) is 6.66. The normalized spacial score (nSPS) is 13.6. The van der Waals surface area contributed by atoms with Gasteiger partial charge in [0.1, 0.15) is 0 Å². The monoisotopic (exact) mass is 226 g/mol. The van der Waals surface area contributed by atoms with Crippen LogP contribution in [-0.4, -0.2) is 43.3 Å². The molecular weight excluding hydrogens is 205 g/mol. The van der Waals surface area contributed by atoms with E-state index in [0.29, 0.717) is 6.54 Å². The quantitative estimate of drug-likeness (QED) is 0.747. The topological polar surface area (TPSA) is 15.3 Å². The molecule has 0 aliphatic rings. The summed E-state index contributed by atoms with van der Waals surface area (Å²) in [5.41, 5.74) is -0.144. The van der Waals surface area contributed by atoms with E-state index >= 15 is 0 Å². The molecule has 0 fully saturated rings. The summed E-state index contributed by atoms with van der Waals surface area (Å²) in [4.78, 5) is 1.70. The molecular formula is C10H21F3N2. The highest BCUT2D eigenvalue weighted by molar-refractivity contribution is 4.80. The predicted molar refractivity (Wildman–Crippen MR) is 55.9 cm³/mol. The zero-order chi connectivity index (χ0) is 12.1. The predicted octanol–water partition coefficient (Wildman–Crippen LogP) is 2.26. The Balaban J connectivity index is 3.87. The van der Waals surface area contributed by atoms with E-state index in [0.717, 1.165) is 6.54 Å². The van der Waals surface area contributed by atoms with Crippen molar-refractivity contribution in [3.05, 3.63) is 0 Å². The molecule has 0 bridgehead atoms. The molecule has 0 aromatic heterocycles. The smallest absolute Gasteiger partial charge is 0.311 e. The van der Waals surface area contributed by atoms with Crippen LogP contribution in [0.4, 0.5) is 13.2 Å². The average Bonchev–Trinajstić information content (AvgIpc) is 1.98. The maximum absolute atomic E-state index is 12.0. The Labute approximate surface area is 89.8 Å². The van der Waals surface area contributed by atoms with Crippen molar-refractivity contribution < 1.29 is 13.2 Å². The van der Waals surface area contributed by atoms with Gasteiger partial charge in [-0.25, -0.2) is 0 Å². The second-order valence-corrected chi connectivity index (χ2v) is 4.52. The van der Waals surface area contributed by atoms with Gasteiger partial charge in [0, 0.05) is 18.6 Å². The van der Waals surface area contributed by atoms with Crippen LogP contribution < -0.4 is 5.32 Å². The lowest BCUT2D eigenvalue weighted by atomic mass is 10.1. The fraction of sp³-hybridized carbons (Fsp3) is 1.00. The minimum atomic E-state index is -4.06. The molecule has 0 aromatic carbocycles. The summed E-state index contributed by atoms with van der Waals surface area (Å²) in [5.74, 6) is 0. The van der Waals surface area contributed by atoms with Gasteiger partial charge in [-0.15, -0.1) is 0 Å². The second kappa shape index (κ2) is 5.70. The number of nitrogens with zero attached hydrogens (tertiary/aromatic N) is 1. The molecule has 0 heterocycles. The molecule has 0 aliphatic heterocycles. The molecule has 0 amide bonds. The van der Waals surface area contributed by atoms with Crippen molar-refractivity contribution in [3.8, 4) is 0 Å². The Morgan fingerprint density at radius 3 is 2.13 bits per heavy atom. The highest BCUT2D eigenvalue weighted by Gasteiger charge is 2.28. The Kier molecular flexibility index (Phi) is 5.59. The zero-order valence-electron chi connectivity index (χ0n) is 9.91. The van der Waals surface area contributed by atoms with Crippen LogP contribution in [-0.2, 0) is 0 Å². The van der Waals surface area contributed by atoms with Crippen LogP contribution in [0, 0.1) is 0 Å². The third kappa shape index (κ3) is 8.69. The van der Waals surface area contributed by atoms with Gasteiger partial charge in [-0.05, 0) is 27.4 Å². The van der Waals surface area contributed by atoms with Gasteiger partial charge in [0.05, 0.1) is 6.42 Å². The number of alkyl halides is 3. The Morgan fingerprint density at radius 2 is 1.73 bits per heavy atom. The number of hydrogen-bond donors (Lipinski definition) is 1. The van der Waals surface area contributed by atoms with Crippen LogP contribution in [0.3, 0.4) is 0 Å². The van der Waals surface area contributed by atoms with E-state index in [1.54, 1.807) is 11.9 Å². The van der Waals surface area contributed by atoms with E-state index in [9.17, 15) is 13.2 Å². The van der Waals surface area contributed by atoms with Gasteiger partial charge in [-0.2, -0.15) is 13.2 Å². The average molecular weight is 226 g/mol. The third-order valence-corrected chi connectivity index (χ3v) is 2.10. The van der Waals surface area contributed by atoms with Crippen LogP contribution in [0.1, 0.15) is 27.2 Å². The summed E-state index contributed by atoms with van der Waals surface area (Å²) in [6.07, 6.45) is -4.80. The zero-order valence-corrected chi connectivity index (χ0v) is 9.91. The van der Waals surface area contributed by atoms with E-state index in [1.807, 2.05) is 20.8 Å². The summed E-state index contributed by atoms with van der Waals surface area (Å²) in [5, 5.41) is 3.23. The van der Waals surface area contributed by atoms with Crippen molar-refractivity contribution in [2.45, 2.75) is 38.9 Å². The van der Waals surface area contributed by atoms with Crippen molar-refractivity contribution in [2.24, 2.45) is 0 Å². The molecule has 0 aliphatic carbocycles. The summed E-state index contributed by atoms with van der Waals surface area (Å²) < 4.78 is 35.9. The lowest BCUT2D eigenvalue weighted by Crippen LogP contribution is -2.48. The molecule has 0 spiro atoms. The number of halogens is 3. The highest BCUT2D eigenvalue weighted by atomic mass is 19.4. The molecule has 2 nitrogen and oxygen atoms in total. The maximum atomic E-state index is 12.0.